The Morgan fingerprint density at radius 1 is 1.12 bits per heavy atom. The van der Waals surface area contributed by atoms with Gasteiger partial charge in [0.2, 0.25) is 10.0 Å². The van der Waals surface area contributed by atoms with Crippen LogP contribution >= 0.6 is 11.6 Å². The molecular formula is C17H15ClN2O4S. The van der Waals surface area contributed by atoms with Gasteiger partial charge in [0, 0.05) is 19.2 Å². The summed E-state index contributed by atoms with van der Waals surface area (Å²) < 4.78 is 26.8. The van der Waals surface area contributed by atoms with E-state index in [0.29, 0.717) is 13.0 Å². The van der Waals surface area contributed by atoms with E-state index < -0.39 is 20.6 Å². The summed E-state index contributed by atoms with van der Waals surface area (Å²) in [6.45, 7) is 0.544. The molecule has 0 radical (unpaired) electrons. The van der Waals surface area contributed by atoms with E-state index in [1.165, 1.54) is 16.4 Å². The number of hydrogen-bond acceptors (Lipinski definition) is 4. The van der Waals surface area contributed by atoms with Crippen LogP contribution in [0.1, 0.15) is 12.0 Å². The van der Waals surface area contributed by atoms with Gasteiger partial charge in [-0.25, -0.2) is 8.42 Å². The largest absolute Gasteiger partial charge is 0.289 e. The third-order valence-electron chi connectivity index (χ3n) is 4.07. The standard InChI is InChI=1S/C17H15ClN2O4S/c18-16-7-6-15(12-17(16)20(21)22)25(23,24)19-10-8-14(9-11-19)13-4-2-1-3-5-13/h1-8,12H,9-11H2. The van der Waals surface area contributed by atoms with Crippen LogP contribution in [0.2, 0.25) is 5.02 Å². The fourth-order valence-electron chi connectivity index (χ4n) is 2.73. The average Bonchev–Trinajstić information content (AvgIpc) is 2.62. The van der Waals surface area contributed by atoms with E-state index in [1.807, 2.05) is 36.4 Å². The lowest BCUT2D eigenvalue weighted by molar-refractivity contribution is -0.384. The lowest BCUT2D eigenvalue weighted by Gasteiger charge is -2.26. The highest BCUT2D eigenvalue weighted by atomic mass is 35.5. The van der Waals surface area contributed by atoms with Crippen molar-refractivity contribution in [2.75, 3.05) is 13.1 Å². The summed E-state index contributed by atoms with van der Waals surface area (Å²) in [7, 11) is -3.81. The van der Waals surface area contributed by atoms with E-state index in [4.69, 9.17) is 11.6 Å². The van der Waals surface area contributed by atoms with Crippen molar-refractivity contribution < 1.29 is 13.3 Å². The first kappa shape index (κ1) is 17.6. The van der Waals surface area contributed by atoms with E-state index in [9.17, 15) is 18.5 Å². The van der Waals surface area contributed by atoms with Crippen LogP contribution in [0.25, 0.3) is 5.57 Å². The Labute approximate surface area is 150 Å². The summed E-state index contributed by atoms with van der Waals surface area (Å²) in [6.07, 6.45) is 2.46. The average molecular weight is 379 g/mol. The zero-order valence-corrected chi connectivity index (χ0v) is 14.7. The van der Waals surface area contributed by atoms with Crippen LogP contribution in [0.5, 0.6) is 0 Å². The molecule has 1 aliphatic heterocycles. The first-order valence-corrected chi connectivity index (χ1v) is 9.40. The second-order valence-corrected chi connectivity index (χ2v) is 7.92. The Bertz CT molecular complexity index is 942. The maximum Gasteiger partial charge on any atom is 0.289 e. The van der Waals surface area contributed by atoms with E-state index in [2.05, 4.69) is 0 Å². The quantitative estimate of drug-likeness (QED) is 0.599. The minimum absolute atomic E-state index is 0.0890. The Kier molecular flexibility index (Phi) is 4.89. The molecule has 0 saturated carbocycles. The predicted molar refractivity (Wildman–Crippen MR) is 95.9 cm³/mol. The van der Waals surface area contributed by atoms with Crippen molar-refractivity contribution in [2.24, 2.45) is 0 Å². The molecule has 0 aliphatic carbocycles. The zero-order valence-electron chi connectivity index (χ0n) is 13.1. The lowest BCUT2D eigenvalue weighted by atomic mass is 10.0. The Hall–Kier alpha value is -2.22. The number of nitro groups is 1. The first-order chi connectivity index (χ1) is 11.9. The third kappa shape index (κ3) is 3.58. The molecule has 0 unspecified atom stereocenters. The maximum atomic E-state index is 12.7. The second-order valence-electron chi connectivity index (χ2n) is 5.58. The normalized spacial score (nSPS) is 15.6. The summed E-state index contributed by atoms with van der Waals surface area (Å²) in [4.78, 5) is 10.2. The molecule has 8 heteroatoms. The molecule has 2 aromatic carbocycles. The van der Waals surface area contributed by atoms with Gasteiger partial charge in [0.05, 0.1) is 9.82 Å². The summed E-state index contributed by atoms with van der Waals surface area (Å²) in [5.74, 6) is 0. The monoisotopic (exact) mass is 378 g/mol. The van der Waals surface area contributed by atoms with Gasteiger partial charge in [-0.1, -0.05) is 48.0 Å². The fraction of sp³-hybridized carbons (Fsp3) is 0.176. The molecular weight excluding hydrogens is 364 g/mol. The summed E-state index contributed by atoms with van der Waals surface area (Å²) in [5.41, 5.74) is 1.75. The van der Waals surface area contributed by atoms with E-state index in [0.717, 1.165) is 17.2 Å². The van der Waals surface area contributed by atoms with Crippen LogP contribution in [0.3, 0.4) is 0 Å². The van der Waals surface area contributed by atoms with Crippen molar-refractivity contribution in [3.8, 4) is 0 Å². The zero-order chi connectivity index (χ0) is 18.0. The first-order valence-electron chi connectivity index (χ1n) is 7.58. The summed E-state index contributed by atoms with van der Waals surface area (Å²) >= 11 is 5.75. The van der Waals surface area contributed by atoms with Crippen molar-refractivity contribution in [1.82, 2.24) is 4.31 Å². The van der Waals surface area contributed by atoms with Crippen molar-refractivity contribution in [3.05, 3.63) is 75.3 Å². The smallest absolute Gasteiger partial charge is 0.258 e. The molecule has 3 rings (SSSR count). The molecule has 0 amide bonds. The summed E-state index contributed by atoms with van der Waals surface area (Å²) in [6, 6.07) is 13.3. The molecule has 0 saturated heterocycles. The molecule has 1 heterocycles. The SMILES string of the molecule is O=[N+]([O-])c1cc(S(=O)(=O)N2CC=C(c3ccccc3)CC2)ccc1Cl. The Balaban J connectivity index is 1.86. The molecule has 0 N–H and O–H groups in total. The Morgan fingerprint density at radius 3 is 2.44 bits per heavy atom. The van der Waals surface area contributed by atoms with Crippen molar-refractivity contribution >= 4 is 32.9 Å². The van der Waals surface area contributed by atoms with Crippen LogP contribution in [-0.2, 0) is 10.0 Å². The van der Waals surface area contributed by atoms with Crippen LogP contribution in [0.4, 0.5) is 5.69 Å². The van der Waals surface area contributed by atoms with Gasteiger partial charge in [-0.15, -0.1) is 0 Å². The highest BCUT2D eigenvalue weighted by Gasteiger charge is 2.28. The van der Waals surface area contributed by atoms with Gasteiger partial charge < -0.3 is 0 Å². The van der Waals surface area contributed by atoms with Crippen molar-refractivity contribution in [3.63, 3.8) is 0 Å². The molecule has 25 heavy (non-hydrogen) atoms. The number of nitro benzene ring substituents is 1. The molecule has 0 aromatic heterocycles. The van der Waals surface area contributed by atoms with Gasteiger partial charge in [0.1, 0.15) is 5.02 Å². The van der Waals surface area contributed by atoms with Crippen molar-refractivity contribution in [1.29, 1.82) is 0 Å². The predicted octanol–water partition coefficient (Wildman–Crippen LogP) is 3.73. The van der Waals surface area contributed by atoms with E-state index in [-0.39, 0.29) is 16.5 Å². The second kappa shape index (κ2) is 6.95. The van der Waals surface area contributed by atoms with Crippen molar-refractivity contribution in [2.45, 2.75) is 11.3 Å². The van der Waals surface area contributed by atoms with Gasteiger partial charge in [0.15, 0.2) is 0 Å². The highest BCUT2D eigenvalue weighted by Crippen LogP contribution is 2.30. The van der Waals surface area contributed by atoms with E-state index in [1.54, 1.807) is 0 Å². The fourth-order valence-corrected chi connectivity index (χ4v) is 4.31. The molecule has 0 spiro atoms. The van der Waals surface area contributed by atoms with Crippen LogP contribution in [-0.4, -0.2) is 30.7 Å². The van der Waals surface area contributed by atoms with Gasteiger partial charge >= 0.3 is 0 Å². The van der Waals surface area contributed by atoms with E-state index >= 15 is 0 Å². The molecule has 6 nitrogen and oxygen atoms in total. The molecule has 130 valence electrons. The molecule has 0 bridgehead atoms. The van der Waals surface area contributed by atoms with Crippen LogP contribution in [0, 0.1) is 10.1 Å². The van der Waals surface area contributed by atoms with Gasteiger partial charge in [-0.2, -0.15) is 4.31 Å². The number of rotatable bonds is 4. The number of hydrogen-bond donors (Lipinski definition) is 0. The van der Waals surface area contributed by atoms with Crippen LogP contribution in [0.15, 0.2) is 59.5 Å². The molecule has 0 atom stereocenters. The Morgan fingerprint density at radius 2 is 1.84 bits per heavy atom. The maximum absolute atomic E-state index is 12.7. The lowest BCUT2D eigenvalue weighted by Crippen LogP contribution is -2.34. The number of benzene rings is 2. The highest BCUT2D eigenvalue weighted by molar-refractivity contribution is 7.89. The number of nitrogens with zero attached hydrogens (tertiary/aromatic N) is 2. The van der Waals surface area contributed by atoms with Gasteiger partial charge in [-0.3, -0.25) is 10.1 Å². The number of halogens is 1. The summed E-state index contributed by atoms with van der Waals surface area (Å²) in [5, 5.41) is 10.9. The minimum Gasteiger partial charge on any atom is -0.258 e. The van der Waals surface area contributed by atoms with Crippen LogP contribution < -0.4 is 0 Å². The molecule has 2 aromatic rings. The topological polar surface area (TPSA) is 80.5 Å². The minimum atomic E-state index is -3.81. The third-order valence-corrected chi connectivity index (χ3v) is 6.25. The molecule has 0 fully saturated rings. The van der Waals surface area contributed by atoms with Gasteiger partial charge in [0.25, 0.3) is 5.69 Å². The number of sulfonamides is 1. The molecule has 1 aliphatic rings. The van der Waals surface area contributed by atoms with Gasteiger partial charge in [-0.05, 0) is 29.7 Å².